The summed E-state index contributed by atoms with van der Waals surface area (Å²) in [5.74, 6) is -2.35. The number of fused-ring (bicyclic) bond motifs is 1. The van der Waals surface area contributed by atoms with Gasteiger partial charge in [0.15, 0.2) is 0 Å². The van der Waals surface area contributed by atoms with Crippen molar-refractivity contribution in [2.75, 3.05) is 5.32 Å². The van der Waals surface area contributed by atoms with Gasteiger partial charge in [-0.2, -0.15) is 13.2 Å². The first kappa shape index (κ1) is 20.6. The third-order valence-corrected chi connectivity index (χ3v) is 5.03. The molecule has 0 aliphatic carbocycles. The number of carbonyl (C=O) groups is 1. The molecule has 4 nitrogen and oxygen atoms in total. The summed E-state index contributed by atoms with van der Waals surface area (Å²) < 4.78 is 55.8. The predicted octanol–water partition coefficient (Wildman–Crippen LogP) is 6.05. The SMILES string of the molecule is Cc1cc2nc(C(F)(F)F)n(-c3ccc(NC(=O)c4ccccc4F)cc3)c2cc1C. The topological polar surface area (TPSA) is 46.9 Å². The van der Waals surface area contributed by atoms with Gasteiger partial charge >= 0.3 is 6.18 Å². The lowest BCUT2D eigenvalue weighted by molar-refractivity contribution is -0.145. The van der Waals surface area contributed by atoms with Crippen molar-refractivity contribution in [2.24, 2.45) is 0 Å². The van der Waals surface area contributed by atoms with Crippen LogP contribution in [0.4, 0.5) is 23.2 Å². The summed E-state index contributed by atoms with van der Waals surface area (Å²) in [6.07, 6.45) is -4.65. The Kier molecular flexibility index (Phi) is 5.00. The molecule has 0 bridgehead atoms. The molecule has 1 heterocycles. The number of nitrogens with one attached hydrogen (secondary N) is 1. The number of amides is 1. The number of carbonyl (C=O) groups excluding carboxylic acids is 1. The molecule has 0 aliphatic heterocycles. The Labute approximate surface area is 175 Å². The number of alkyl halides is 3. The molecule has 0 unspecified atom stereocenters. The molecule has 1 N–H and O–H groups in total. The van der Waals surface area contributed by atoms with Crippen LogP contribution in [0.5, 0.6) is 0 Å². The van der Waals surface area contributed by atoms with Gasteiger partial charge in [0, 0.05) is 11.4 Å². The molecule has 0 saturated heterocycles. The molecule has 0 spiro atoms. The standard InChI is InChI=1S/C23H17F4N3O/c1-13-11-19-20(12-14(13)2)30(22(29-19)23(25,26)27)16-9-7-15(8-10-16)28-21(31)17-5-3-4-6-18(17)24/h3-12H,1-2H3,(H,28,31). The van der Waals surface area contributed by atoms with E-state index in [1.54, 1.807) is 12.1 Å². The Hall–Kier alpha value is -3.68. The van der Waals surface area contributed by atoms with E-state index >= 15 is 0 Å². The molecular weight excluding hydrogens is 410 g/mol. The van der Waals surface area contributed by atoms with Crippen LogP contribution in [-0.2, 0) is 6.18 Å². The molecule has 0 radical (unpaired) electrons. The van der Waals surface area contributed by atoms with Gasteiger partial charge in [0.2, 0.25) is 5.82 Å². The van der Waals surface area contributed by atoms with E-state index in [1.807, 2.05) is 13.8 Å². The van der Waals surface area contributed by atoms with Crippen molar-refractivity contribution < 1.29 is 22.4 Å². The van der Waals surface area contributed by atoms with Gasteiger partial charge in [-0.05, 0) is 73.5 Å². The molecule has 1 amide bonds. The van der Waals surface area contributed by atoms with Gasteiger partial charge in [0.25, 0.3) is 5.91 Å². The number of aryl methyl sites for hydroxylation is 2. The summed E-state index contributed by atoms with van der Waals surface area (Å²) in [5.41, 5.74) is 2.69. The van der Waals surface area contributed by atoms with Gasteiger partial charge in [-0.25, -0.2) is 9.37 Å². The van der Waals surface area contributed by atoms with Gasteiger partial charge in [-0.1, -0.05) is 12.1 Å². The minimum Gasteiger partial charge on any atom is -0.322 e. The predicted molar refractivity (Wildman–Crippen MR) is 110 cm³/mol. The Morgan fingerprint density at radius 2 is 1.61 bits per heavy atom. The van der Waals surface area contributed by atoms with E-state index in [2.05, 4.69) is 10.3 Å². The lowest BCUT2D eigenvalue weighted by Gasteiger charge is -2.13. The van der Waals surface area contributed by atoms with Crippen molar-refractivity contribution in [2.45, 2.75) is 20.0 Å². The highest BCUT2D eigenvalue weighted by molar-refractivity contribution is 6.04. The van der Waals surface area contributed by atoms with Crippen molar-refractivity contribution in [3.05, 3.63) is 89.0 Å². The summed E-state index contributed by atoms with van der Waals surface area (Å²) in [7, 11) is 0. The van der Waals surface area contributed by atoms with Crippen LogP contribution < -0.4 is 5.32 Å². The summed E-state index contributed by atoms with van der Waals surface area (Å²) >= 11 is 0. The summed E-state index contributed by atoms with van der Waals surface area (Å²) in [6, 6.07) is 14.6. The second-order valence-electron chi connectivity index (χ2n) is 7.17. The zero-order valence-corrected chi connectivity index (χ0v) is 16.6. The highest BCUT2D eigenvalue weighted by Crippen LogP contribution is 2.35. The number of imidazole rings is 1. The van der Waals surface area contributed by atoms with Gasteiger partial charge in [0.1, 0.15) is 5.82 Å². The molecule has 3 aromatic carbocycles. The molecule has 8 heteroatoms. The van der Waals surface area contributed by atoms with E-state index in [9.17, 15) is 22.4 Å². The first-order chi connectivity index (χ1) is 14.6. The van der Waals surface area contributed by atoms with E-state index in [1.165, 1.54) is 48.5 Å². The quantitative estimate of drug-likeness (QED) is 0.405. The minimum atomic E-state index is -4.65. The molecule has 158 valence electrons. The molecular formula is C23H17F4N3O. The zero-order valence-electron chi connectivity index (χ0n) is 16.6. The van der Waals surface area contributed by atoms with Crippen LogP contribution in [0.25, 0.3) is 16.7 Å². The first-order valence-corrected chi connectivity index (χ1v) is 9.38. The molecule has 1 aromatic heterocycles. The third-order valence-electron chi connectivity index (χ3n) is 5.03. The average Bonchev–Trinajstić information content (AvgIpc) is 3.08. The van der Waals surface area contributed by atoms with Crippen molar-refractivity contribution >= 4 is 22.6 Å². The highest BCUT2D eigenvalue weighted by Gasteiger charge is 2.38. The molecule has 4 rings (SSSR count). The second kappa shape index (κ2) is 7.54. The van der Waals surface area contributed by atoms with Crippen LogP contribution in [-0.4, -0.2) is 15.5 Å². The fourth-order valence-electron chi connectivity index (χ4n) is 3.32. The smallest absolute Gasteiger partial charge is 0.322 e. The Bertz CT molecular complexity index is 1290. The maximum atomic E-state index is 13.8. The van der Waals surface area contributed by atoms with Crippen LogP contribution >= 0.6 is 0 Å². The third kappa shape index (κ3) is 3.88. The summed E-state index contributed by atoms with van der Waals surface area (Å²) in [5, 5.41) is 2.54. The minimum absolute atomic E-state index is 0.127. The molecule has 0 aliphatic rings. The Morgan fingerprint density at radius 3 is 2.26 bits per heavy atom. The number of aromatic nitrogens is 2. The molecule has 0 saturated carbocycles. The van der Waals surface area contributed by atoms with Crippen LogP contribution in [0.15, 0.2) is 60.7 Å². The van der Waals surface area contributed by atoms with Gasteiger partial charge in [-0.15, -0.1) is 0 Å². The van der Waals surface area contributed by atoms with E-state index in [0.717, 1.165) is 15.7 Å². The van der Waals surface area contributed by atoms with Gasteiger partial charge in [0.05, 0.1) is 16.6 Å². The summed E-state index contributed by atoms with van der Waals surface area (Å²) in [6.45, 7) is 3.63. The van der Waals surface area contributed by atoms with E-state index in [0.29, 0.717) is 11.2 Å². The number of rotatable bonds is 3. The van der Waals surface area contributed by atoms with E-state index in [-0.39, 0.29) is 16.8 Å². The van der Waals surface area contributed by atoms with Crippen LogP contribution in [0.2, 0.25) is 0 Å². The number of anilines is 1. The normalized spacial score (nSPS) is 11.7. The molecule has 0 atom stereocenters. The second-order valence-corrected chi connectivity index (χ2v) is 7.17. The molecule has 31 heavy (non-hydrogen) atoms. The van der Waals surface area contributed by atoms with Crippen molar-refractivity contribution in [3.8, 4) is 5.69 Å². The average molecular weight is 427 g/mol. The van der Waals surface area contributed by atoms with E-state index < -0.39 is 23.7 Å². The number of hydrogen-bond acceptors (Lipinski definition) is 2. The zero-order chi connectivity index (χ0) is 22.3. The number of hydrogen-bond donors (Lipinski definition) is 1. The van der Waals surface area contributed by atoms with Crippen LogP contribution in [0.3, 0.4) is 0 Å². The highest BCUT2D eigenvalue weighted by atomic mass is 19.4. The maximum absolute atomic E-state index is 13.8. The van der Waals surface area contributed by atoms with Crippen LogP contribution in [0.1, 0.15) is 27.3 Å². The van der Waals surface area contributed by atoms with Crippen molar-refractivity contribution in [1.82, 2.24) is 9.55 Å². The Morgan fingerprint density at radius 1 is 0.968 bits per heavy atom. The fraction of sp³-hybridized carbons (Fsp3) is 0.130. The van der Waals surface area contributed by atoms with Crippen molar-refractivity contribution in [1.29, 1.82) is 0 Å². The first-order valence-electron chi connectivity index (χ1n) is 9.38. The number of benzene rings is 3. The molecule has 0 fully saturated rings. The molecule has 4 aromatic rings. The lowest BCUT2D eigenvalue weighted by atomic mass is 10.1. The maximum Gasteiger partial charge on any atom is 0.450 e. The van der Waals surface area contributed by atoms with E-state index in [4.69, 9.17) is 0 Å². The van der Waals surface area contributed by atoms with Crippen molar-refractivity contribution in [3.63, 3.8) is 0 Å². The monoisotopic (exact) mass is 427 g/mol. The Balaban J connectivity index is 1.73. The van der Waals surface area contributed by atoms with Crippen LogP contribution in [0, 0.1) is 19.7 Å². The number of halogens is 4. The summed E-state index contributed by atoms with van der Waals surface area (Å²) in [4.78, 5) is 16.1. The number of nitrogens with zero attached hydrogens (tertiary/aromatic N) is 2. The van der Waals surface area contributed by atoms with Gasteiger partial charge in [-0.3, -0.25) is 9.36 Å². The van der Waals surface area contributed by atoms with Gasteiger partial charge < -0.3 is 5.32 Å². The largest absolute Gasteiger partial charge is 0.450 e. The lowest BCUT2D eigenvalue weighted by Crippen LogP contribution is -2.15. The fourth-order valence-corrected chi connectivity index (χ4v) is 3.32.